The highest BCUT2D eigenvalue weighted by Gasteiger charge is 2.27. The first-order valence-electron chi connectivity index (χ1n) is 7.53. The van der Waals surface area contributed by atoms with Gasteiger partial charge in [0.15, 0.2) is 5.96 Å². The zero-order valence-electron chi connectivity index (χ0n) is 12.9. The van der Waals surface area contributed by atoms with Gasteiger partial charge in [0, 0.05) is 25.4 Å². The Morgan fingerprint density at radius 2 is 2.04 bits per heavy atom. The molecule has 0 unspecified atom stereocenters. The van der Waals surface area contributed by atoms with E-state index in [1.807, 2.05) is 18.0 Å². The Morgan fingerprint density at radius 1 is 1.30 bits per heavy atom. The average Bonchev–Trinajstić information content (AvgIpc) is 3.40. The second-order valence-corrected chi connectivity index (χ2v) is 5.58. The molecule has 1 fully saturated rings. The Hall–Kier alpha value is -2.63. The quantitative estimate of drug-likeness (QED) is 0.681. The predicted molar refractivity (Wildman–Crippen MR) is 86.8 cm³/mol. The molecule has 5 nitrogen and oxygen atoms in total. The molecule has 2 N–H and O–H groups in total. The van der Waals surface area contributed by atoms with E-state index in [9.17, 15) is 4.39 Å². The number of halogens is 1. The Balaban J connectivity index is 1.58. The lowest BCUT2D eigenvalue weighted by atomic mass is 10.3. The molecule has 120 valence electrons. The van der Waals surface area contributed by atoms with Gasteiger partial charge in [0.25, 0.3) is 0 Å². The minimum absolute atomic E-state index is 0.299. The van der Waals surface area contributed by atoms with Gasteiger partial charge in [-0.25, -0.2) is 14.4 Å². The molecule has 23 heavy (non-hydrogen) atoms. The van der Waals surface area contributed by atoms with Crippen molar-refractivity contribution in [2.45, 2.75) is 25.4 Å². The SMILES string of the molecule is CN(C(N)=NCc1ccc(Oc2ccc(F)cc2)nc1)C1CC1. The molecule has 1 aromatic carbocycles. The van der Waals surface area contributed by atoms with Crippen molar-refractivity contribution in [3.05, 3.63) is 54.0 Å². The van der Waals surface area contributed by atoms with Crippen LogP contribution >= 0.6 is 0 Å². The summed E-state index contributed by atoms with van der Waals surface area (Å²) in [5, 5.41) is 0. The van der Waals surface area contributed by atoms with Crippen molar-refractivity contribution < 1.29 is 9.13 Å². The Morgan fingerprint density at radius 3 is 2.65 bits per heavy atom. The van der Waals surface area contributed by atoms with E-state index >= 15 is 0 Å². The molecule has 6 heteroatoms. The zero-order valence-corrected chi connectivity index (χ0v) is 12.9. The van der Waals surface area contributed by atoms with Crippen molar-refractivity contribution >= 4 is 5.96 Å². The Bertz CT molecular complexity index is 681. The molecule has 0 aliphatic heterocycles. The summed E-state index contributed by atoms with van der Waals surface area (Å²) in [4.78, 5) is 10.6. The van der Waals surface area contributed by atoms with Gasteiger partial charge in [-0.1, -0.05) is 6.07 Å². The van der Waals surface area contributed by atoms with Crippen molar-refractivity contribution in [3.8, 4) is 11.6 Å². The summed E-state index contributed by atoms with van der Waals surface area (Å²) in [5.74, 6) is 1.25. The summed E-state index contributed by atoms with van der Waals surface area (Å²) in [6.45, 7) is 0.479. The number of aromatic nitrogens is 1. The highest BCUT2D eigenvalue weighted by molar-refractivity contribution is 5.78. The van der Waals surface area contributed by atoms with Gasteiger partial charge in [0.05, 0.1) is 6.54 Å². The second kappa shape index (κ2) is 6.64. The molecular formula is C17H19FN4O. The maximum atomic E-state index is 12.8. The van der Waals surface area contributed by atoms with Crippen molar-refractivity contribution in [2.75, 3.05) is 7.05 Å². The Labute approximate surface area is 134 Å². The molecule has 1 aromatic heterocycles. The molecule has 1 aliphatic rings. The molecule has 0 radical (unpaired) electrons. The van der Waals surface area contributed by atoms with Crippen LogP contribution in [0.25, 0.3) is 0 Å². The number of hydrogen-bond donors (Lipinski definition) is 1. The molecule has 1 aliphatic carbocycles. The third-order valence-electron chi connectivity index (χ3n) is 3.71. The third kappa shape index (κ3) is 4.18. The lowest BCUT2D eigenvalue weighted by Crippen LogP contribution is -2.35. The fourth-order valence-corrected chi connectivity index (χ4v) is 2.12. The molecule has 1 heterocycles. The van der Waals surface area contributed by atoms with E-state index in [0.29, 0.717) is 30.2 Å². The van der Waals surface area contributed by atoms with Crippen LogP contribution < -0.4 is 10.5 Å². The fourth-order valence-electron chi connectivity index (χ4n) is 2.12. The number of benzene rings is 1. The van der Waals surface area contributed by atoms with Crippen molar-refractivity contribution in [1.29, 1.82) is 0 Å². The lowest BCUT2D eigenvalue weighted by molar-refractivity contribution is 0.461. The minimum atomic E-state index is -0.299. The van der Waals surface area contributed by atoms with Gasteiger partial charge >= 0.3 is 0 Å². The fraction of sp³-hybridized carbons (Fsp3) is 0.294. The van der Waals surface area contributed by atoms with Gasteiger partial charge in [0.2, 0.25) is 5.88 Å². The van der Waals surface area contributed by atoms with Crippen LogP contribution in [0.3, 0.4) is 0 Å². The smallest absolute Gasteiger partial charge is 0.219 e. The van der Waals surface area contributed by atoms with Gasteiger partial charge < -0.3 is 15.4 Å². The summed E-state index contributed by atoms with van der Waals surface area (Å²) in [7, 11) is 1.97. The number of hydrogen-bond acceptors (Lipinski definition) is 3. The first-order chi connectivity index (χ1) is 11.1. The molecule has 0 amide bonds. The lowest BCUT2D eigenvalue weighted by Gasteiger charge is -2.16. The normalized spacial score (nSPS) is 14.6. The Kier molecular flexibility index (Phi) is 4.41. The number of ether oxygens (including phenoxy) is 1. The van der Waals surface area contributed by atoms with Crippen LogP contribution in [0, 0.1) is 5.82 Å². The topological polar surface area (TPSA) is 63.7 Å². The molecule has 3 rings (SSSR count). The van der Waals surface area contributed by atoms with Crippen LogP contribution in [-0.4, -0.2) is 28.9 Å². The van der Waals surface area contributed by atoms with Crippen molar-refractivity contribution in [1.82, 2.24) is 9.88 Å². The first-order valence-corrected chi connectivity index (χ1v) is 7.53. The number of pyridine rings is 1. The molecule has 0 spiro atoms. The summed E-state index contributed by atoms with van der Waals surface area (Å²) < 4.78 is 18.4. The summed E-state index contributed by atoms with van der Waals surface area (Å²) >= 11 is 0. The molecule has 0 atom stereocenters. The maximum Gasteiger partial charge on any atom is 0.219 e. The molecule has 0 bridgehead atoms. The number of rotatable bonds is 5. The maximum absolute atomic E-state index is 12.8. The highest BCUT2D eigenvalue weighted by Crippen LogP contribution is 2.25. The number of aliphatic imine (C=N–C) groups is 1. The summed E-state index contributed by atoms with van der Waals surface area (Å²) in [5.41, 5.74) is 6.90. The van der Waals surface area contributed by atoms with Crippen molar-refractivity contribution in [2.24, 2.45) is 10.7 Å². The van der Waals surface area contributed by atoms with E-state index < -0.39 is 0 Å². The van der Waals surface area contributed by atoms with Gasteiger partial charge in [0.1, 0.15) is 11.6 Å². The number of guanidine groups is 1. The van der Waals surface area contributed by atoms with Crippen LogP contribution in [0.5, 0.6) is 11.6 Å². The van der Waals surface area contributed by atoms with E-state index in [2.05, 4.69) is 9.98 Å². The largest absolute Gasteiger partial charge is 0.439 e. The van der Waals surface area contributed by atoms with Crippen LogP contribution in [0.15, 0.2) is 47.6 Å². The van der Waals surface area contributed by atoms with Gasteiger partial charge in [-0.05, 0) is 42.7 Å². The monoisotopic (exact) mass is 314 g/mol. The van der Waals surface area contributed by atoms with Gasteiger partial charge in [-0.2, -0.15) is 0 Å². The third-order valence-corrected chi connectivity index (χ3v) is 3.71. The zero-order chi connectivity index (χ0) is 16.2. The van der Waals surface area contributed by atoms with Crippen LogP contribution in [0.2, 0.25) is 0 Å². The van der Waals surface area contributed by atoms with E-state index in [1.54, 1.807) is 24.4 Å². The molecular weight excluding hydrogens is 295 g/mol. The molecule has 1 saturated carbocycles. The summed E-state index contributed by atoms with van der Waals surface area (Å²) in [6, 6.07) is 10.0. The average molecular weight is 314 g/mol. The van der Waals surface area contributed by atoms with E-state index in [-0.39, 0.29) is 5.82 Å². The standard InChI is InChI=1S/C17H19FN4O/c1-22(14-5-6-14)17(19)21-11-12-2-9-16(20-10-12)23-15-7-3-13(18)4-8-15/h2-4,7-10,14H,5-6,11H2,1H3,(H2,19,21). The predicted octanol–water partition coefficient (Wildman–Crippen LogP) is 2.92. The highest BCUT2D eigenvalue weighted by atomic mass is 19.1. The second-order valence-electron chi connectivity index (χ2n) is 5.58. The molecule has 0 saturated heterocycles. The minimum Gasteiger partial charge on any atom is -0.439 e. The van der Waals surface area contributed by atoms with E-state index in [4.69, 9.17) is 10.5 Å². The van der Waals surface area contributed by atoms with Crippen LogP contribution in [-0.2, 0) is 6.54 Å². The first kappa shape index (κ1) is 15.3. The summed E-state index contributed by atoms with van der Waals surface area (Å²) in [6.07, 6.45) is 4.07. The van der Waals surface area contributed by atoms with E-state index in [0.717, 1.165) is 5.56 Å². The van der Waals surface area contributed by atoms with Gasteiger partial charge in [-0.15, -0.1) is 0 Å². The van der Waals surface area contributed by atoms with Crippen LogP contribution in [0.4, 0.5) is 4.39 Å². The van der Waals surface area contributed by atoms with Gasteiger partial charge in [-0.3, -0.25) is 0 Å². The van der Waals surface area contributed by atoms with Crippen LogP contribution in [0.1, 0.15) is 18.4 Å². The number of nitrogens with two attached hydrogens (primary N) is 1. The molecule has 2 aromatic rings. The van der Waals surface area contributed by atoms with Crippen molar-refractivity contribution in [3.63, 3.8) is 0 Å². The van der Waals surface area contributed by atoms with E-state index in [1.165, 1.54) is 25.0 Å². The number of nitrogens with zero attached hydrogens (tertiary/aromatic N) is 3.